The average molecular weight is 294 g/mol. The van der Waals surface area contributed by atoms with Crippen molar-refractivity contribution in [1.82, 2.24) is 0 Å². The summed E-state index contributed by atoms with van der Waals surface area (Å²) in [6, 6.07) is 12.9. The van der Waals surface area contributed by atoms with E-state index in [9.17, 15) is 4.79 Å². The summed E-state index contributed by atoms with van der Waals surface area (Å²) >= 11 is 1.52. The second-order valence-corrected chi connectivity index (χ2v) is 5.77. The molecule has 0 fully saturated rings. The van der Waals surface area contributed by atoms with E-state index in [-0.39, 0.29) is 5.70 Å². The van der Waals surface area contributed by atoms with Crippen LogP contribution in [0.2, 0.25) is 0 Å². The largest absolute Gasteiger partial charge is 0.401 e. The van der Waals surface area contributed by atoms with Crippen molar-refractivity contribution >= 4 is 29.3 Å². The van der Waals surface area contributed by atoms with Gasteiger partial charge in [-0.1, -0.05) is 12.1 Å². The van der Waals surface area contributed by atoms with Gasteiger partial charge in [0.2, 0.25) is 5.90 Å². The molecule has 2 heterocycles. The highest BCUT2D eigenvalue weighted by molar-refractivity contribution is 7.14. The number of ether oxygens (including phenoxy) is 1. The number of nitriles is 1. The van der Waals surface area contributed by atoms with E-state index in [1.165, 1.54) is 11.3 Å². The number of cyclic esters (lactones) is 1. The number of carbonyl (C=O) groups excluding carboxylic acids is 1. The van der Waals surface area contributed by atoms with Crippen LogP contribution in [-0.4, -0.2) is 11.9 Å². The minimum absolute atomic E-state index is 0.242. The number of esters is 1. The van der Waals surface area contributed by atoms with Crippen molar-refractivity contribution < 1.29 is 9.53 Å². The minimum atomic E-state index is -0.474. The summed E-state index contributed by atoms with van der Waals surface area (Å²) in [4.78, 5) is 18.1. The molecule has 0 saturated carbocycles. The second-order valence-electron chi connectivity index (χ2n) is 4.48. The summed E-state index contributed by atoms with van der Waals surface area (Å²) in [7, 11) is 0. The molecule has 0 spiro atoms. The number of thiophene rings is 1. The molecule has 0 radical (unpaired) electrons. The van der Waals surface area contributed by atoms with E-state index >= 15 is 0 Å². The zero-order chi connectivity index (χ0) is 14.8. The Morgan fingerprint density at radius 1 is 1.33 bits per heavy atom. The molecule has 1 aromatic heterocycles. The fourth-order valence-electron chi connectivity index (χ4n) is 1.92. The van der Waals surface area contributed by atoms with Gasteiger partial charge in [-0.25, -0.2) is 9.79 Å². The van der Waals surface area contributed by atoms with Crippen LogP contribution in [-0.2, 0) is 9.53 Å². The molecule has 3 rings (SSSR count). The summed E-state index contributed by atoms with van der Waals surface area (Å²) in [6.07, 6.45) is 1.62. The van der Waals surface area contributed by atoms with Crippen LogP contribution in [0.5, 0.6) is 0 Å². The molecule has 0 amide bonds. The highest BCUT2D eigenvalue weighted by atomic mass is 32.1. The quantitative estimate of drug-likeness (QED) is 0.631. The van der Waals surface area contributed by atoms with Crippen LogP contribution in [0.4, 0.5) is 0 Å². The molecule has 0 unspecified atom stereocenters. The third-order valence-corrected chi connectivity index (χ3v) is 3.88. The van der Waals surface area contributed by atoms with Crippen molar-refractivity contribution in [3.63, 3.8) is 0 Å². The van der Waals surface area contributed by atoms with Gasteiger partial charge in [-0.3, -0.25) is 0 Å². The Labute approximate surface area is 125 Å². The molecule has 4 nitrogen and oxygen atoms in total. The second kappa shape index (κ2) is 5.35. The number of rotatable bonds is 2. The number of carbonyl (C=O) groups is 1. The SMILES string of the molecule is Cc1ccc(C2=N/C(=C\c3cccc(C#N)c3)C(=O)O2)s1. The van der Waals surface area contributed by atoms with Crippen LogP contribution < -0.4 is 0 Å². The maximum absolute atomic E-state index is 11.9. The lowest BCUT2D eigenvalue weighted by atomic mass is 10.1. The van der Waals surface area contributed by atoms with Crippen LogP contribution in [0.15, 0.2) is 47.1 Å². The van der Waals surface area contributed by atoms with Crippen molar-refractivity contribution in [2.75, 3.05) is 0 Å². The van der Waals surface area contributed by atoms with Crippen LogP contribution in [0.3, 0.4) is 0 Å². The first-order valence-electron chi connectivity index (χ1n) is 6.25. The Morgan fingerprint density at radius 2 is 2.19 bits per heavy atom. The van der Waals surface area contributed by atoms with Crippen molar-refractivity contribution in [3.05, 3.63) is 63.0 Å². The smallest absolute Gasteiger partial charge is 0.363 e. The van der Waals surface area contributed by atoms with E-state index in [0.29, 0.717) is 11.5 Å². The third-order valence-electron chi connectivity index (χ3n) is 2.89. The van der Waals surface area contributed by atoms with Gasteiger partial charge < -0.3 is 4.74 Å². The molecule has 1 aliphatic rings. The summed E-state index contributed by atoms with van der Waals surface area (Å²) in [5.74, 6) is -0.140. The summed E-state index contributed by atoms with van der Waals surface area (Å²) in [5, 5.41) is 8.88. The molecular weight excluding hydrogens is 284 g/mol. The Morgan fingerprint density at radius 3 is 2.90 bits per heavy atom. The molecule has 1 aromatic carbocycles. The molecule has 0 bridgehead atoms. The highest BCUT2D eigenvalue weighted by Crippen LogP contribution is 2.23. The summed E-state index contributed by atoms with van der Waals surface area (Å²) in [6.45, 7) is 1.98. The summed E-state index contributed by atoms with van der Waals surface area (Å²) in [5.41, 5.74) is 1.52. The molecule has 0 N–H and O–H groups in total. The van der Waals surface area contributed by atoms with Crippen molar-refractivity contribution in [2.45, 2.75) is 6.92 Å². The lowest BCUT2D eigenvalue weighted by molar-refractivity contribution is -0.129. The number of hydrogen-bond donors (Lipinski definition) is 0. The molecule has 0 aliphatic carbocycles. The van der Waals surface area contributed by atoms with E-state index in [2.05, 4.69) is 11.1 Å². The van der Waals surface area contributed by atoms with E-state index in [1.54, 1.807) is 24.3 Å². The number of hydrogen-bond acceptors (Lipinski definition) is 5. The molecule has 2 aromatic rings. The first kappa shape index (κ1) is 13.3. The fourth-order valence-corrected chi connectivity index (χ4v) is 2.71. The monoisotopic (exact) mass is 294 g/mol. The number of aryl methyl sites for hydroxylation is 1. The van der Waals surface area contributed by atoms with Gasteiger partial charge in [0.15, 0.2) is 5.70 Å². The van der Waals surface area contributed by atoms with E-state index < -0.39 is 5.97 Å². The average Bonchev–Trinajstić information content (AvgIpc) is 3.06. The first-order valence-corrected chi connectivity index (χ1v) is 7.07. The maximum Gasteiger partial charge on any atom is 0.363 e. The fraction of sp³-hybridized carbons (Fsp3) is 0.0625. The van der Waals surface area contributed by atoms with Gasteiger partial charge >= 0.3 is 5.97 Å². The minimum Gasteiger partial charge on any atom is -0.401 e. The lowest BCUT2D eigenvalue weighted by Crippen LogP contribution is -2.03. The van der Waals surface area contributed by atoms with Crippen molar-refractivity contribution in [3.8, 4) is 6.07 Å². The highest BCUT2D eigenvalue weighted by Gasteiger charge is 2.24. The number of aliphatic imine (C=N–C) groups is 1. The molecule has 1 aliphatic heterocycles. The van der Waals surface area contributed by atoms with E-state index in [4.69, 9.17) is 10.00 Å². The zero-order valence-electron chi connectivity index (χ0n) is 11.2. The van der Waals surface area contributed by atoms with Gasteiger partial charge in [-0.15, -0.1) is 11.3 Å². The predicted molar refractivity (Wildman–Crippen MR) is 80.8 cm³/mol. The maximum atomic E-state index is 11.9. The Kier molecular flexibility index (Phi) is 3.38. The molecule has 21 heavy (non-hydrogen) atoms. The molecule has 5 heteroatoms. The lowest BCUT2D eigenvalue weighted by Gasteiger charge is -1.94. The molecule has 0 saturated heterocycles. The van der Waals surface area contributed by atoms with E-state index in [0.717, 1.165) is 15.3 Å². The van der Waals surface area contributed by atoms with Crippen LogP contribution in [0, 0.1) is 18.3 Å². The van der Waals surface area contributed by atoms with Crippen molar-refractivity contribution in [2.24, 2.45) is 4.99 Å². The van der Waals surface area contributed by atoms with Gasteiger partial charge in [-0.2, -0.15) is 5.26 Å². The normalized spacial score (nSPS) is 15.7. The standard InChI is InChI=1S/C16H10N2O2S/c1-10-5-6-14(21-10)15-18-13(16(19)20-15)8-11-3-2-4-12(7-11)9-17/h2-8H,1H3/b13-8-. The number of benzene rings is 1. The zero-order valence-corrected chi connectivity index (χ0v) is 12.0. The molecule has 0 atom stereocenters. The predicted octanol–water partition coefficient (Wildman–Crippen LogP) is 3.27. The topological polar surface area (TPSA) is 62.5 Å². The Hall–Kier alpha value is -2.71. The van der Waals surface area contributed by atoms with Gasteiger partial charge in [0, 0.05) is 4.88 Å². The van der Waals surface area contributed by atoms with Gasteiger partial charge in [0.05, 0.1) is 16.5 Å². The Balaban J connectivity index is 1.95. The molecular formula is C16H10N2O2S. The van der Waals surface area contributed by atoms with E-state index in [1.807, 2.05) is 25.1 Å². The first-order chi connectivity index (χ1) is 10.2. The van der Waals surface area contributed by atoms with Crippen LogP contribution in [0.1, 0.15) is 20.9 Å². The third kappa shape index (κ3) is 2.76. The van der Waals surface area contributed by atoms with Gasteiger partial charge in [0.25, 0.3) is 0 Å². The van der Waals surface area contributed by atoms with Crippen molar-refractivity contribution in [1.29, 1.82) is 5.26 Å². The number of nitrogens with zero attached hydrogens (tertiary/aromatic N) is 2. The van der Waals surface area contributed by atoms with Gasteiger partial charge in [0.1, 0.15) is 0 Å². The Bertz CT molecular complexity index is 825. The van der Waals surface area contributed by atoms with Crippen LogP contribution >= 0.6 is 11.3 Å². The van der Waals surface area contributed by atoms with Crippen LogP contribution in [0.25, 0.3) is 6.08 Å². The van der Waals surface area contributed by atoms with Gasteiger partial charge in [-0.05, 0) is 42.8 Å². The summed E-state index contributed by atoms with van der Waals surface area (Å²) < 4.78 is 5.19. The molecule has 102 valence electrons.